The molecular formula is C21H21N3O2. The third kappa shape index (κ3) is 2.58. The summed E-state index contributed by atoms with van der Waals surface area (Å²) >= 11 is 0. The topological polar surface area (TPSA) is 76.8 Å². The Balaban J connectivity index is 2.08. The van der Waals surface area contributed by atoms with Crippen molar-refractivity contribution < 1.29 is 9.84 Å². The van der Waals surface area contributed by atoms with E-state index in [1.54, 1.807) is 7.11 Å². The van der Waals surface area contributed by atoms with E-state index in [0.29, 0.717) is 0 Å². The van der Waals surface area contributed by atoms with Crippen LogP contribution in [0.3, 0.4) is 0 Å². The van der Waals surface area contributed by atoms with Crippen molar-refractivity contribution in [1.82, 2.24) is 15.0 Å². The zero-order chi connectivity index (χ0) is 18.3. The number of aliphatic hydroxyl groups excluding tert-OH is 1. The number of aromatic nitrogens is 3. The fourth-order valence-electron chi connectivity index (χ4n) is 3.42. The molecule has 0 fully saturated rings. The highest BCUT2D eigenvalue weighted by molar-refractivity contribution is 5.80. The summed E-state index contributed by atoms with van der Waals surface area (Å²) in [6, 6.07) is 11.9. The van der Waals surface area contributed by atoms with Crippen molar-refractivity contribution in [1.29, 1.82) is 0 Å². The monoisotopic (exact) mass is 347 g/mol. The molecule has 0 radical (unpaired) electrons. The lowest BCUT2D eigenvalue weighted by Crippen LogP contribution is -2.06. The van der Waals surface area contributed by atoms with Crippen molar-refractivity contribution in [2.75, 3.05) is 7.11 Å². The molecule has 0 unspecified atom stereocenters. The van der Waals surface area contributed by atoms with Crippen molar-refractivity contribution in [2.24, 2.45) is 0 Å². The number of aromatic amines is 3. The number of aliphatic hydroxyl groups is 1. The van der Waals surface area contributed by atoms with E-state index < -0.39 is 0 Å². The maximum Gasteiger partial charge on any atom is 0.144 e. The van der Waals surface area contributed by atoms with Crippen LogP contribution in [-0.4, -0.2) is 27.2 Å². The van der Waals surface area contributed by atoms with Gasteiger partial charge in [-0.3, -0.25) is 0 Å². The number of para-hydroxylation sites is 1. The SMILES string of the molecule is COc1c/c(=c2/[nH]c3ccccc3/c2=C/O)[nH]/c1=C\c1[nH]c(C)cc1C. The van der Waals surface area contributed by atoms with Crippen molar-refractivity contribution in [3.05, 3.63) is 74.6 Å². The number of nitrogens with one attached hydrogen (secondary N) is 3. The number of hydrogen-bond acceptors (Lipinski definition) is 2. The number of rotatable bonds is 2. The summed E-state index contributed by atoms with van der Waals surface area (Å²) in [5.41, 5.74) is 4.31. The summed E-state index contributed by atoms with van der Waals surface area (Å²) < 4.78 is 5.55. The van der Waals surface area contributed by atoms with E-state index in [-0.39, 0.29) is 0 Å². The fraction of sp³-hybridized carbons (Fsp3) is 0.143. The highest BCUT2D eigenvalue weighted by Gasteiger charge is 2.05. The normalized spacial score (nSPS) is 14.4. The standard InChI is InChI=1S/C21H21N3O2/c1-12-8-13(2)22-17(12)9-18-20(26-3)10-19(23-18)21-15(11-25)14-6-4-5-7-16(14)24-21/h4-11,22-25H,1-3H3/b15-11-,18-9-,21-19-. The number of benzene rings is 1. The second-order valence-electron chi connectivity index (χ2n) is 6.45. The molecule has 4 N–H and O–H groups in total. The van der Waals surface area contributed by atoms with Gasteiger partial charge in [0.25, 0.3) is 0 Å². The Morgan fingerprint density at radius 1 is 1.04 bits per heavy atom. The Morgan fingerprint density at radius 2 is 1.85 bits per heavy atom. The zero-order valence-corrected chi connectivity index (χ0v) is 15.0. The van der Waals surface area contributed by atoms with Crippen LogP contribution in [0.2, 0.25) is 0 Å². The first kappa shape index (κ1) is 16.1. The molecule has 0 amide bonds. The highest BCUT2D eigenvalue weighted by atomic mass is 16.5. The molecule has 0 saturated carbocycles. The van der Waals surface area contributed by atoms with Crippen LogP contribution in [0.4, 0.5) is 0 Å². The molecule has 4 aromatic rings. The Morgan fingerprint density at radius 3 is 2.54 bits per heavy atom. The van der Waals surface area contributed by atoms with Gasteiger partial charge in [-0.1, -0.05) is 18.2 Å². The van der Waals surface area contributed by atoms with Gasteiger partial charge in [-0.2, -0.15) is 0 Å². The highest BCUT2D eigenvalue weighted by Crippen LogP contribution is 2.12. The van der Waals surface area contributed by atoms with Crippen molar-refractivity contribution in [2.45, 2.75) is 13.8 Å². The molecule has 132 valence electrons. The van der Waals surface area contributed by atoms with Crippen LogP contribution < -0.4 is 15.3 Å². The summed E-state index contributed by atoms with van der Waals surface area (Å²) in [7, 11) is 1.65. The smallest absolute Gasteiger partial charge is 0.144 e. The molecule has 1 aromatic carbocycles. The second kappa shape index (κ2) is 6.19. The summed E-state index contributed by atoms with van der Waals surface area (Å²) in [6.07, 6.45) is 3.18. The van der Waals surface area contributed by atoms with E-state index in [1.165, 1.54) is 5.56 Å². The third-order valence-corrected chi connectivity index (χ3v) is 4.65. The predicted molar refractivity (Wildman–Crippen MR) is 103 cm³/mol. The lowest BCUT2D eigenvalue weighted by atomic mass is 10.2. The van der Waals surface area contributed by atoms with Gasteiger partial charge in [0.1, 0.15) is 5.75 Å². The number of aryl methyl sites for hydroxylation is 2. The van der Waals surface area contributed by atoms with Gasteiger partial charge >= 0.3 is 0 Å². The molecule has 0 aliphatic heterocycles. The van der Waals surface area contributed by atoms with Crippen LogP contribution in [0.5, 0.6) is 5.75 Å². The van der Waals surface area contributed by atoms with E-state index in [1.807, 2.05) is 43.3 Å². The van der Waals surface area contributed by atoms with Gasteiger partial charge in [-0.05, 0) is 37.6 Å². The number of H-pyrrole nitrogens is 3. The van der Waals surface area contributed by atoms with Gasteiger partial charge in [0, 0.05) is 33.6 Å². The van der Waals surface area contributed by atoms with Gasteiger partial charge in [0.15, 0.2) is 0 Å². The van der Waals surface area contributed by atoms with Crippen LogP contribution in [-0.2, 0) is 0 Å². The third-order valence-electron chi connectivity index (χ3n) is 4.65. The number of methoxy groups -OCH3 is 1. The van der Waals surface area contributed by atoms with Crippen LogP contribution in [0.15, 0.2) is 36.4 Å². The van der Waals surface area contributed by atoms with Crippen LogP contribution in [0.1, 0.15) is 17.0 Å². The fourth-order valence-corrected chi connectivity index (χ4v) is 3.42. The molecule has 3 aromatic heterocycles. The minimum atomic E-state index is 0.745. The number of fused-ring (bicyclic) bond motifs is 1. The molecule has 0 bridgehead atoms. The van der Waals surface area contributed by atoms with Crippen LogP contribution >= 0.6 is 0 Å². The van der Waals surface area contributed by atoms with Crippen molar-refractivity contribution in [3.63, 3.8) is 0 Å². The minimum Gasteiger partial charge on any atom is -0.515 e. The summed E-state index contributed by atoms with van der Waals surface area (Å²) in [6.45, 7) is 4.11. The maximum atomic E-state index is 9.77. The van der Waals surface area contributed by atoms with E-state index in [2.05, 4.69) is 27.9 Å². The molecule has 0 aliphatic carbocycles. The maximum absolute atomic E-state index is 9.77. The summed E-state index contributed by atoms with van der Waals surface area (Å²) in [4.78, 5) is 10.1. The molecule has 5 nitrogen and oxygen atoms in total. The van der Waals surface area contributed by atoms with Gasteiger partial charge in [0.05, 0.1) is 29.4 Å². The van der Waals surface area contributed by atoms with Crippen molar-refractivity contribution in [3.8, 4) is 5.75 Å². The van der Waals surface area contributed by atoms with E-state index >= 15 is 0 Å². The lowest BCUT2D eigenvalue weighted by molar-refractivity contribution is 0.412. The average molecular weight is 347 g/mol. The van der Waals surface area contributed by atoms with E-state index in [4.69, 9.17) is 4.74 Å². The summed E-state index contributed by atoms with van der Waals surface area (Å²) in [5, 5.41) is 14.0. The first-order valence-corrected chi connectivity index (χ1v) is 8.47. The predicted octanol–water partition coefficient (Wildman–Crippen LogP) is 2.86. The minimum absolute atomic E-state index is 0.745. The Hall–Kier alpha value is -3.34. The van der Waals surface area contributed by atoms with Crippen LogP contribution in [0, 0.1) is 24.5 Å². The molecule has 0 saturated heterocycles. The van der Waals surface area contributed by atoms with Gasteiger partial charge < -0.3 is 24.8 Å². The largest absolute Gasteiger partial charge is 0.515 e. The van der Waals surface area contributed by atoms with Gasteiger partial charge in [-0.25, -0.2) is 0 Å². The summed E-state index contributed by atoms with van der Waals surface area (Å²) in [5.74, 6) is 0.745. The molecule has 3 heterocycles. The van der Waals surface area contributed by atoms with Gasteiger partial charge in [0.2, 0.25) is 0 Å². The zero-order valence-electron chi connectivity index (χ0n) is 15.0. The molecular weight excluding hydrogens is 326 g/mol. The van der Waals surface area contributed by atoms with Crippen LogP contribution in [0.25, 0.3) is 23.2 Å². The lowest BCUT2D eigenvalue weighted by Gasteiger charge is -1.94. The molecule has 5 heteroatoms. The number of hydrogen-bond donors (Lipinski definition) is 4. The second-order valence-corrected chi connectivity index (χ2v) is 6.45. The van der Waals surface area contributed by atoms with Gasteiger partial charge in [-0.15, -0.1) is 0 Å². The molecule has 26 heavy (non-hydrogen) atoms. The molecule has 0 atom stereocenters. The quantitative estimate of drug-likeness (QED) is 0.450. The molecule has 0 spiro atoms. The molecule has 0 aliphatic rings. The average Bonchev–Trinajstić information content (AvgIpc) is 3.29. The van der Waals surface area contributed by atoms with E-state index in [9.17, 15) is 5.11 Å². The Kier molecular flexibility index (Phi) is 3.84. The van der Waals surface area contributed by atoms with E-state index in [0.717, 1.165) is 55.6 Å². The Labute approximate surface area is 150 Å². The Bertz CT molecular complexity index is 1310. The molecule has 4 rings (SSSR count). The first-order chi connectivity index (χ1) is 12.6. The first-order valence-electron chi connectivity index (χ1n) is 8.47. The number of ether oxygens (including phenoxy) is 1. The van der Waals surface area contributed by atoms with Crippen molar-refractivity contribution >= 4 is 23.2 Å².